The Morgan fingerprint density at radius 3 is 2.70 bits per heavy atom. The number of amides is 1. The van der Waals surface area contributed by atoms with E-state index in [1.54, 1.807) is 4.90 Å². The zero-order valence-electron chi connectivity index (χ0n) is 6.00. The summed E-state index contributed by atoms with van der Waals surface area (Å²) in [5.41, 5.74) is 0. The van der Waals surface area contributed by atoms with Gasteiger partial charge in [0.15, 0.2) is 6.79 Å². The SMILES string of the molecule is COCOC(=O)N1CCC1. The van der Waals surface area contributed by atoms with Gasteiger partial charge in [-0.2, -0.15) is 0 Å². The van der Waals surface area contributed by atoms with Crippen molar-refractivity contribution < 1.29 is 14.3 Å². The van der Waals surface area contributed by atoms with Crippen LogP contribution in [0.2, 0.25) is 0 Å². The summed E-state index contributed by atoms with van der Waals surface area (Å²) in [5.74, 6) is 0. The van der Waals surface area contributed by atoms with E-state index in [0.717, 1.165) is 19.5 Å². The Balaban J connectivity index is 2.08. The maximum atomic E-state index is 10.8. The molecule has 4 heteroatoms. The van der Waals surface area contributed by atoms with E-state index in [1.807, 2.05) is 0 Å². The first kappa shape index (κ1) is 7.34. The molecule has 0 bridgehead atoms. The van der Waals surface area contributed by atoms with E-state index in [0.29, 0.717) is 0 Å². The zero-order chi connectivity index (χ0) is 7.40. The lowest BCUT2D eigenvalue weighted by molar-refractivity contribution is -0.0117. The van der Waals surface area contributed by atoms with Crippen LogP contribution in [-0.4, -0.2) is 38.0 Å². The lowest BCUT2D eigenvalue weighted by Crippen LogP contribution is -2.42. The Morgan fingerprint density at radius 2 is 2.30 bits per heavy atom. The smallest absolute Gasteiger partial charge is 0.411 e. The Labute approximate surface area is 59.7 Å². The standard InChI is InChI=1S/C6H11NO3/c1-9-5-10-6(8)7-3-2-4-7/h2-5H2,1H3. The van der Waals surface area contributed by atoms with E-state index in [-0.39, 0.29) is 12.9 Å². The molecule has 1 aliphatic heterocycles. The lowest BCUT2D eigenvalue weighted by atomic mass is 10.2. The maximum Gasteiger partial charge on any atom is 0.411 e. The van der Waals surface area contributed by atoms with Gasteiger partial charge in [-0.05, 0) is 6.42 Å². The molecule has 58 valence electrons. The summed E-state index contributed by atoms with van der Waals surface area (Å²) >= 11 is 0. The Bertz CT molecular complexity index is 122. The molecule has 1 fully saturated rings. The van der Waals surface area contributed by atoms with Gasteiger partial charge in [-0.3, -0.25) is 0 Å². The van der Waals surface area contributed by atoms with Gasteiger partial charge in [0.1, 0.15) is 0 Å². The van der Waals surface area contributed by atoms with Gasteiger partial charge >= 0.3 is 6.09 Å². The van der Waals surface area contributed by atoms with Gasteiger partial charge in [-0.25, -0.2) is 4.79 Å². The molecule has 0 spiro atoms. The fourth-order valence-corrected chi connectivity index (χ4v) is 0.699. The molecule has 0 aromatic rings. The van der Waals surface area contributed by atoms with Crippen molar-refractivity contribution in [2.24, 2.45) is 0 Å². The summed E-state index contributed by atoms with van der Waals surface area (Å²) in [6.45, 7) is 1.69. The molecule has 1 aliphatic rings. The second-order valence-electron chi connectivity index (χ2n) is 2.16. The molecule has 0 atom stereocenters. The van der Waals surface area contributed by atoms with Gasteiger partial charge in [0.2, 0.25) is 0 Å². The van der Waals surface area contributed by atoms with Crippen molar-refractivity contribution in [2.75, 3.05) is 27.0 Å². The number of ether oxygens (including phenoxy) is 2. The van der Waals surface area contributed by atoms with Crippen molar-refractivity contribution in [2.45, 2.75) is 6.42 Å². The number of hydrogen-bond donors (Lipinski definition) is 0. The van der Waals surface area contributed by atoms with Crippen LogP contribution in [-0.2, 0) is 9.47 Å². The van der Waals surface area contributed by atoms with Gasteiger partial charge in [-0.1, -0.05) is 0 Å². The van der Waals surface area contributed by atoms with Crippen molar-refractivity contribution in [3.05, 3.63) is 0 Å². The number of nitrogens with zero attached hydrogens (tertiary/aromatic N) is 1. The Morgan fingerprint density at radius 1 is 1.60 bits per heavy atom. The van der Waals surface area contributed by atoms with E-state index in [9.17, 15) is 4.79 Å². The molecule has 0 N–H and O–H groups in total. The molecule has 1 rings (SSSR count). The minimum atomic E-state index is -0.270. The predicted molar refractivity (Wildman–Crippen MR) is 34.5 cm³/mol. The first-order chi connectivity index (χ1) is 4.84. The van der Waals surface area contributed by atoms with Crippen LogP contribution in [0.15, 0.2) is 0 Å². The molecule has 0 aromatic carbocycles. The van der Waals surface area contributed by atoms with Crippen LogP contribution >= 0.6 is 0 Å². The van der Waals surface area contributed by atoms with Gasteiger partial charge < -0.3 is 14.4 Å². The molecule has 10 heavy (non-hydrogen) atoms. The molecule has 4 nitrogen and oxygen atoms in total. The molecule has 1 saturated heterocycles. The van der Waals surface area contributed by atoms with Gasteiger partial charge in [0, 0.05) is 20.2 Å². The van der Waals surface area contributed by atoms with Gasteiger partial charge in [0.05, 0.1) is 0 Å². The van der Waals surface area contributed by atoms with Crippen LogP contribution in [0.1, 0.15) is 6.42 Å². The molecule has 1 amide bonds. The summed E-state index contributed by atoms with van der Waals surface area (Å²) in [4.78, 5) is 12.4. The molecule has 0 saturated carbocycles. The number of methoxy groups -OCH3 is 1. The minimum absolute atomic E-state index is 0.0509. The van der Waals surface area contributed by atoms with Crippen molar-refractivity contribution in [3.63, 3.8) is 0 Å². The van der Waals surface area contributed by atoms with Crippen LogP contribution in [0.3, 0.4) is 0 Å². The molecule has 0 unspecified atom stereocenters. The van der Waals surface area contributed by atoms with Gasteiger partial charge in [-0.15, -0.1) is 0 Å². The highest BCUT2D eigenvalue weighted by molar-refractivity contribution is 5.68. The normalized spacial score (nSPS) is 16.3. The van der Waals surface area contributed by atoms with E-state index < -0.39 is 0 Å². The lowest BCUT2D eigenvalue weighted by Gasteiger charge is -2.29. The largest absolute Gasteiger partial charge is 0.422 e. The first-order valence-corrected chi connectivity index (χ1v) is 3.25. The van der Waals surface area contributed by atoms with Crippen molar-refractivity contribution in [1.82, 2.24) is 4.90 Å². The summed E-state index contributed by atoms with van der Waals surface area (Å²) in [6, 6.07) is 0. The quantitative estimate of drug-likeness (QED) is 0.529. The van der Waals surface area contributed by atoms with E-state index >= 15 is 0 Å². The second kappa shape index (κ2) is 3.41. The topological polar surface area (TPSA) is 38.8 Å². The summed E-state index contributed by atoms with van der Waals surface area (Å²) < 4.78 is 9.22. The average Bonchev–Trinajstić information content (AvgIpc) is 1.79. The number of carbonyl (C=O) groups is 1. The molecule has 1 heterocycles. The molecule has 0 aromatic heterocycles. The number of rotatable bonds is 2. The van der Waals surface area contributed by atoms with Crippen molar-refractivity contribution in [3.8, 4) is 0 Å². The molecule has 0 aliphatic carbocycles. The summed E-state index contributed by atoms with van der Waals surface area (Å²) in [6.07, 6.45) is 0.815. The fourth-order valence-electron chi connectivity index (χ4n) is 0.699. The monoisotopic (exact) mass is 145 g/mol. The van der Waals surface area contributed by atoms with Crippen LogP contribution in [0.25, 0.3) is 0 Å². The first-order valence-electron chi connectivity index (χ1n) is 3.25. The Kier molecular flexibility index (Phi) is 2.50. The van der Waals surface area contributed by atoms with E-state index in [2.05, 4.69) is 9.47 Å². The van der Waals surface area contributed by atoms with Crippen LogP contribution in [0, 0.1) is 0 Å². The van der Waals surface area contributed by atoms with Crippen molar-refractivity contribution in [1.29, 1.82) is 0 Å². The Hall–Kier alpha value is -0.770. The molecular weight excluding hydrogens is 134 g/mol. The third-order valence-electron chi connectivity index (χ3n) is 1.41. The highest BCUT2D eigenvalue weighted by Crippen LogP contribution is 2.06. The van der Waals surface area contributed by atoms with Crippen LogP contribution in [0.5, 0.6) is 0 Å². The number of hydrogen-bond acceptors (Lipinski definition) is 3. The minimum Gasteiger partial charge on any atom is -0.422 e. The third kappa shape index (κ3) is 1.60. The summed E-state index contributed by atoms with van der Waals surface area (Å²) in [5, 5.41) is 0. The average molecular weight is 145 g/mol. The van der Waals surface area contributed by atoms with Crippen molar-refractivity contribution >= 4 is 6.09 Å². The van der Waals surface area contributed by atoms with Crippen LogP contribution < -0.4 is 0 Å². The molecule has 0 radical (unpaired) electrons. The predicted octanol–water partition coefficient (Wildman–Crippen LogP) is 0.433. The number of carbonyl (C=O) groups excluding carboxylic acids is 1. The second-order valence-corrected chi connectivity index (χ2v) is 2.16. The number of likely N-dealkylation sites (tertiary alicyclic amines) is 1. The van der Waals surface area contributed by atoms with Gasteiger partial charge in [0.25, 0.3) is 0 Å². The zero-order valence-corrected chi connectivity index (χ0v) is 6.00. The van der Waals surface area contributed by atoms with E-state index in [1.165, 1.54) is 7.11 Å². The summed E-state index contributed by atoms with van der Waals surface area (Å²) in [7, 11) is 1.49. The fraction of sp³-hybridized carbons (Fsp3) is 0.833. The maximum absolute atomic E-state index is 10.8. The highest BCUT2D eigenvalue weighted by atomic mass is 16.7. The van der Waals surface area contributed by atoms with Crippen LogP contribution in [0.4, 0.5) is 4.79 Å². The molecular formula is C6H11NO3. The highest BCUT2D eigenvalue weighted by Gasteiger charge is 2.20. The third-order valence-corrected chi connectivity index (χ3v) is 1.41. The van der Waals surface area contributed by atoms with E-state index in [4.69, 9.17) is 0 Å².